The fourth-order valence-corrected chi connectivity index (χ4v) is 1.53. The first-order chi connectivity index (χ1) is 8.40. The summed E-state index contributed by atoms with van der Waals surface area (Å²) < 4.78 is 37.5. The molecule has 0 aliphatic heterocycles. The Labute approximate surface area is 104 Å². The van der Waals surface area contributed by atoms with Crippen LogP contribution in [-0.4, -0.2) is 27.3 Å². The van der Waals surface area contributed by atoms with Crippen LogP contribution in [0.5, 0.6) is 0 Å². The number of nitriles is 1. The molecule has 0 atom stereocenters. The van der Waals surface area contributed by atoms with Gasteiger partial charge in [0.1, 0.15) is 12.6 Å². The monoisotopic (exact) mass is 275 g/mol. The van der Waals surface area contributed by atoms with E-state index >= 15 is 0 Å². The van der Waals surface area contributed by atoms with E-state index in [1.54, 1.807) is 6.07 Å². The predicted octanol–water partition coefficient (Wildman–Crippen LogP) is 2.23. The van der Waals surface area contributed by atoms with Crippen LogP contribution in [0.15, 0.2) is 12.3 Å². The standard InChI is InChI=1S/C9H5ClF3N5/c10-7-1-6(16-4-9(11,12)13)8-15-3-5(2-14)18(8)17-7/h1,3,16H,4H2. The van der Waals surface area contributed by atoms with Gasteiger partial charge < -0.3 is 5.32 Å². The van der Waals surface area contributed by atoms with E-state index in [9.17, 15) is 13.2 Å². The molecule has 2 aromatic heterocycles. The zero-order valence-corrected chi connectivity index (χ0v) is 9.42. The van der Waals surface area contributed by atoms with Crippen molar-refractivity contribution in [1.29, 1.82) is 5.26 Å². The molecule has 2 aromatic rings. The highest BCUT2D eigenvalue weighted by Gasteiger charge is 2.27. The molecule has 2 heterocycles. The molecule has 0 saturated carbocycles. The Hall–Kier alpha value is -2.01. The topological polar surface area (TPSA) is 66.0 Å². The maximum absolute atomic E-state index is 12.1. The summed E-state index contributed by atoms with van der Waals surface area (Å²) >= 11 is 5.67. The second kappa shape index (κ2) is 4.34. The highest BCUT2D eigenvalue weighted by molar-refractivity contribution is 6.29. The van der Waals surface area contributed by atoms with Crippen molar-refractivity contribution < 1.29 is 13.2 Å². The summed E-state index contributed by atoms with van der Waals surface area (Å²) in [5.74, 6) is 0. The van der Waals surface area contributed by atoms with Crippen molar-refractivity contribution in [3.05, 3.63) is 23.1 Å². The van der Waals surface area contributed by atoms with Gasteiger partial charge in [0.2, 0.25) is 0 Å². The van der Waals surface area contributed by atoms with Gasteiger partial charge in [-0.25, -0.2) is 4.98 Å². The Morgan fingerprint density at radius 2 is 2.22 bits per heavy atom. The minimum atomic E-state index is -4.36. The molecule has 9 heteroatoms. The molecular formula is C9H5ClF3N5. The SMILES string of the molecule is N#Cc1cnc2c(NCC(F)(F)F)cc(Cl)nn12. The second-order valence-corrected chi connectivity index (χ2v) is 3.73. The molecule has 5 nitrogen and oxygen atoms in total. The van der Waals surface area contributed by atoms with Crippen LogP contribution in [0.25, 0.3) is 5.65 Å². The molecule has 0 saturated heterocycles. The van der Waals surface area contributed by atoms with E-state index in [0.29, 0.717) is 0 Å². The van der Waals surface area contributed by atoms with Crippen molar-refractivity contribution in [3.8, 4) is 6.07 Å². The summed E-state index contributed by atoms with van der Waals surface area (Å²) in [6, 6.07) is 3.03. The van der Waals surface area contributed by atoms with Crippen molar-refractivity contribution in [2.75, 3.05) is 11.9 Å². The lowest BCUT2D eigenvalue weighted by Crippen LogP contribution is -2.21. The molecule has 0 radical (unpaired) electrons. The molecule has 0 aliphatic rings. The molecule has 94 valence electrons. The number of anilines is 1. The summed E-state index contributed by atoms with van der Waals surface area (Å²) in [7, 11) is 0. The number of halogens is 4. The maximum Gasteiger partial charge on any atom is 0.405 e. The van der Waals surface area contributed by atoms with Gasteiger partial charge in [0.05, 0.1) is 11.9 Å². The maximum atomic E-state index is 12.1. The van der Waals surface area contributed by atoms with Gasteiger partial charge in [-0.15, -0.1) is 0 Å². The van der Waals surface area contributed by atoms with E-state index < -0.39 is 12.7 Å². The fraction of sp³-hybridized carbons (Fsp3) is 0.222. The molecule has 0 spiro atoms. The van der Waals surface area contributed by atoms with Crippen LogP contribution in [0.2, 0.25) is 5.15 Å². The van der Waals surface area contributed by atoms with Crippen LogP contribution in [0, 0.1) is 11.3 Å². The molecule has 0 unspecified atom stereocenters. The van der Waals surface area contributed by atoms with Crippen LogP contribution in [0.4, 0.5) is 18.9 Å². The lowest BCUT2D eigenvalue weighted by molar-refractivity contribution is -0.115. The third kappa shape index (κ3) is 2.46. The first-order valence-corrected chi connectivity index (χ1v) is 5.03. The Bertz CT molecular complexity index is 627. The van der Waals surface area contributed by atoms with Crippen LogP contribution < -0.4 is 5.32 Å². The first-order valence-electron chi connectivity index (χ1n) is 4.66. The number of nitrogens with one attached hydrogen (secondary N) is 1. The lowest BCUT2D eigenvalue weighted by Gasteiger charge is -2.10. The number of imidazole rings is 1. The van der Waals surface area contributed by atoms with Gasteiger partial charge in [0, 0.05) is 6.07 Å². The van der Waals surface area contributed by atoms with Gasteiger partial charge in [-0.2, -0.15) is 28.0 Å². The number of fused-ring (bicyclic) bond motifs is 1. The van der Waals surface area contributed by atoms with E-state index in [0.717, 1.165) is 4.52 Å². The van der Waals surface area contributed by atoms with E-state index in [2.05, 4.69) is 15.4 Å². The fourth-order valence-electron chi connectivity index (χ4n) is 1.34. The summed E-state index contributed by atoms with van der Waals surface area (Å²) in [6.07, 6.45) is -3.16. The van der Waals surface area contributed by atoms with Gasteiger partial charge >= 0.3 is 6.18 Å². The lowest BCUT2D eigenvalue weighted by atomic mass is 10.4. The quantitative estimate of drug-likeness (QED) is 0.913. The first kappa shape index (κ1) is 12.4. The number of alkyl halides is 3. The van der Waals surface area contributed by atoms with Crippen molar-refractivity contribution in [2.45, 2.75) is 6.18 Å². The van der Waals surface area contributed by atoms with Crippen molar-refractivity contribution in [2.24, 2.45) is 0 Å². The average Bonchev–Trinajstić information content (AvgIpc) is 2.67. The van der Waals surface area contributed by atoms with Crippen molar-refractivity contribution in [1.82, 2.24) is 14.6 Å². The van der Waals surface area contributed by atoms with Gasteiger partial charge in [-0.3, -0.25) is 0 Å². The number of nitrogens with zero attached hydrogens (tertiary/aromatic N) is 4. The molecule has 0 bridgehead atoms. The van der Waals surface area contributed by atoms with Crippen LogP contribution in [0.3, 0.4) is 0 Å². The Kier molecular flexibility index (Phi) is 3.00. The predicted molar refractivity (Wildman–Crippen MR) is 57.3 cm³/mol. The van der Waals surface area contributed by atoms with Crippen LogP contribution in [-0.2, 0) is 0 Å². The highest BCUT2D eigenvalue weighted by atomic mass is 35.5. The van der Waals surface area contributed by atoms with Gasteiger partial charge in [-0.1, -0.05) is 11.6 Å². The normalized spacial score (nSPS) is 11.5. The molecule has 18 heavy (non-hydrogen) atoms. The van der Waals surface area contributed by atoms with Crippen molar-refractivity contribution >= 4 is 22.9 Å². The molecule has 0 aromatic carbocycles. The minimum Gasteiger partial charge on any atom is -0.373 e. The summed E-state index contributed by atoms with van der Waals surface area (Å²) in [6.45, 7) is -1.22. The third-order valence-corrected chi connectivity index (χ3v) is 2.22. The van der Waals surface area contributed by atoms with E-state index in [1.165, 1.54) is 12.3 Å². The summed E-state index contributed by atoms with van der Waals surface area (Å²) in [5.41, 5.74) is 0.261. The smallest absolute Gasteiger partial charge is 0.373 e. The number of hydrogen-bond acceptors (Lipinski definition) is 4. The number of hydrogen-bond donors (Lipinski definition) is 1. The Balaban J connectivity index is 2.45. The van der Waals surface area contributed by atoms with Crippen molar-refractivity contribution in [3.63, 3.8) is 0 Å². The number of rotatable bonds is 2. The van der Waals surface area contributed by atoms with Crippen LogP contribution >= 0.6 is 11.6 Å². The largest absolute Gasteiger partial charge is 0.405 e. The zero-order valence-electron chi connectivity index (χ0n) is 8.66. The van der Waals surface area contributed by atoms with E-state index in [1.807, 2.05) is 0 Å². The molecule has 0 fully saturated rings. The Morgan fingerprint density at radius 1 is 1.50 bits per heavy atom. The molecule has 0 amide bonds. The average molecular weight is 276 g/mol. The zero-order chi connectivity index (χ0) is 13.3. The van der Waals surface area contributed by atoms with E-state index in [4.69, 9.17) is 16.9 Å². The molecule has 1 N–H and O–H groups in total. The van der Waals surface area contributed by atoms with Gasteiger partial charge in [0.15, 0.2) is 16.5 Å². The molecule has 0 aliphatic carbocycles. The number of aromatic nitrogens is 3. The minimum absolute atomic E-state index is 0.0401. The summed E-state index contributed by atoms with van der Waals surface area (Å²) in [4.78, 5) is 3.82. The Morgan fingerprint density at radius 3 is 2.83 bits per heavy atom. The van der Waals surface area contributed by atoms with Crippen LogP contribution in [0.1, 0.15) is 5.69 Å². The van der Waals surface area contributed by atoms with E-state index in [-0.39, 0.29) is 22.2 Å². The molecule has 2 rings (SSSR count). The second-order valence-electron chi connectivity index (χ2n) is 3.34. The van der Waals surface area contributed by atoms with Gasteiger partial charge in [0.25, 0.3) is 0 Å². The molecular weight excluding hydrogens is 271 g/mol. The third-order valence-electron chi connectivity index (χ3n) is 2.03. The van der Waals surface area contributed by atoms with Gasteiger partial charge in [-0.05, 0) is 0 Å². The summed E-state index contributed by atoms with van der Waals surface area (Å²) in [5, 5.41) is 14.7. The highest BCUT2D eigenvalue weighted by Crippen LogP contribution is 2.22.